The number of carbonyl (C=O) groups excluding carboxylic acids is 1. The van der Waals surface area contributed by atoms with E-state index in [0.717, 1.165) is 31.3 Å². The minimum atomic E-state index is -0.699. The predicted octanol–water partition coefficient (Wildman–Crippen LogP) is 2.39. The Labute approximate surface area is 102 Å². The number of carbonyl (C=O) groups is 1. The zero-order valence-electron chi connectivity index (χ0n) is 10.7. The Morgan fingerprint density at radius 3 is 2.82 bits per heavy atom. The summed E-state index contributed by atoms with van der Waals surface area (Å²) in [7, 11) is 3.00. The van der Waals surface area contributed by atoms with Crippen LogP contribution in [0.5, 0.6) is 0 Å². The SMILES string of the molecule is COC(=O)C1=C2CCCC[C@@H]2C[C@@](C)(OC)O1. The number of fused-ring (bicyclic) bond motifs is 1. The summed E-state index contributed by atoms with van der Waals surface area (Å²) in [5.41, 5.74) is 1.12. The van der Waals surface area contributed by atoms with Crippen LogP contribution in [0.3, 0.4) is 0 Å². The zero-order valence-corrected chi connectivity index (χ0v) is 10.7. The lowest BCUT2D eigenvalue weighted by Gasteiger charge is -2.41. The number of rotatable bonds is 2. The molecular weight excluding hydrogens is 220 g/mol. The van der Waals surface area contributed by atoms with Crippen LogP contribution in [-0.2, 0) is 19.0 Å². The van der Waals surface area contributed by atoms with Gasteiger partial charge in [0.05, 0.1) is 7.11 Å². The molecule has 0 N–H and O–H groups in total. The maximum atomic E-state index is 11.8. The second-order valence-corrected chi connectivity index (χ2v) is 4.93. The fourth-order valence-corrected chi connectivity index (χ4v) is 2.77. The average molecular weight is 240 g/mol. The van der Waals surface area contributed by atoms with E-state index >= 15 is 0 Å². The molecule has 1 fully saturated rings. The van der Waals surface area contributed by atoms with Crippen LogP contribution >= 0.6 is 0 Å². The maximum absolute atomic E-state index is 11.8. The predicted molar refractivity (Wildman–Crippen MR) is 62.1 cm³/mol. The number of methoxy groups -OCH3 is 2. The lowest BCUT2D eigenvalue weighted by atomic mass is 9.78. The van der Waals surface area contributed by atoms with E-state index in [1.165, 1.54) is 13.5 Å². The fourth-order valence-electron chi connectivity index (χ4n) is 2.77. The molecule has 2 aliphatic rings. The first kappa shape index (κ1) is 12.4. The van der Waals surface area contributed by atoms with E-state index < -0.39 is 5.79 Å². The van der Waals surface area contributed by atoms with E-state index in [-0.39, 0.29) is 5.97 Å². The monoisotopic (exact) mass is 240 g/mol. The quantitative estimate of drug-likeness (QED) is 0.695. The molecular formula is C13H20O4. The third kappa shape index (κ3) is 2.32. The van der Waals surface area contributed by atoms with Gasteiger partial charge in [0.2, 0.25) is 11.5 Å². The molecule has 1 aliphatic heterocycles. The minimum Gasteiger partial charge on any atom is -0.463 e. The van der Waals surface area contributed by atoms with Gasteiger partial charge in [-0.1, -0.05) is 6.42 Å². The second-order valence-electron chi connectivity index (χ2n) is 4.93. The van der Waals surface area contributed by atoms with Crippen molar-refractivity contribution < 1.29 is 19.0 Å². The normalized spacial score (nSPS) is 32.8. The molecule has 96 valence electrons. The van der Waals surface area contributed by atoms with Crippen molar-refractivity contribution in [2.24, 2.45) is 5.92 Å². The molecule has 17 heavy (non-hydrogen) atoms. The largest absolute Gasteiger partial charge is 0.463 e. The van der Waals surface area contributed by atoms with Gasteiger partial charge in [0.25, 0.3) is 0 Å². The van der Waals surface area contributed by atoms with Crippen LogP contribution in [0, 0.1) is 5.92 Å². The van der Waals surface area contributed by atoms with Gasteiger partial charge in [0.15, 0.2) is 0 Å². The summed E-state index contributed by atoms with van der Waals surface area (Å²) < 4.78 is 15.9. The van der Waals surface area contributed by atoms with Crippen LogP contribution in [0.15, 0.2) is 11.3 Å². The minimum absolute atomic E-state index is 0.380. The topological polar surface area (TPSA) is 44.8 Å². The molecule has 1 aliphatic carbocycles. The molecule has 0 aromatic carbocycles. The lowest BCUT2D eigenvalue weighted by Crippen LogP contribution is -2.41. The maximum Gasteiger partial charge on any atom is 0.373 e. The van der Waals surface area contributed by atoms with Gasteiger partial charge in [-0.3, -0.25) is 0 Å². The highest BCUT2D eigenvalue weighted by molar-refractivity contribution is 5.87. The first-order valence-electron chi connectivity index (χ1n) is 6.15. The molecule has 1 saturated carbocycles. The van der Waals surface area contributed by atoms with Gasteiger partial charge in [-0.2, -0.15) is 0 Å². The summed E-state index contributed by atoms with van der Waals surface area (Å²) >= 11 is 0. The van der Waals surface area contributed by atoms with Crippen molar-refractivity contribution in [1.82, 2.24) is 0 Å². The highest BCUT2D eigenvalue weighted by atomic mass is 16.7. The van der Waals surface area contributed by atoms with Gasteiger partial charge in [0.1, 0.15) is 0 Å². The van der Waals surface area contributed by atoms with Crippen molar-refractivity contribution in [3.05, 3.63) is 11.3 Å². The average Bonchev–Trinajstić information content (AvgIpc) is 2.37. The van der Waals surface area contributed by atoms with Crippen LogP contribution < -0.4 is 0 Å². The van der Waals surface area contributed by atoms with E-state index in [9.17, 15) is 4.79 Å². The third-order valence-electron chi connectivity index (χ3n) is 3.77. The summed E-state index contributed by atoms with van der Waals surface area (Å²) in [6.45, 7) is 1.88. The second kappa shape index (κ2) is 4.69. The van der Waals surface area contributed by atoms with Crippen LogP contribution in [0.25, 0.3) is 0 Å². The highest BCUT2D eigenvalue weighted by Gasteiger charge is 2.42. The molecule has 0 radical (unpaired) electrons. The van der Waals surface area contributed by atoms with Crippen molar-refractivity contribution in [3.63, 3.8) is 0 Å². The van der Waals surface area contributed by atoms with E-state index in [1.54, 1.807) is 7.11 Å². The Hall–Kier alpha value is -1.03. The van der Waals surface area contributed by atoms with Crippen molar-refractivity contribution >= 4 is 5.97 Å². The molecule has 0 aromatic rings. The molecule has 0 amide bonds. The van der Waals surface area contributed by atoms with Crippen molar-refractivity contribution in [1.29, 1.82) is 0 Å². The highest BCUT2D eigenvalue weighted by Crippen LogP contribution is 2.43. The molecule has 4 heteroatoms. The number of hydrogen-bond acceptors (Lipinski definition) is 4. The molecule has 0 bridgehead atoms. The fraction of sp³-hybridized carbons (Fsp3) is 0.769. The molecule has 0 unspecified atom stereocenters. The molecule has 0 aromatic heterocycles. The Balaban J connectivity index is 2.34. The van der Waals surface area contributed by atoms with Gasteiger partial charge in [-0.05, 0) is 30.8 Å². The van der Waals surface area contributed by atoms with Crippen LogP contribution in [-0.4, -0.2) is 26.0 Å². The Kier molecular flexibility index (Phi) is 3.43. The lowest BCUT2D eigenvalue weighted by molar-refractivity contribution is -0.212. The third-order valence-corrected chi connectivity index (χ3v) is 3.77. The first-order chi connectivity index (χ1) is 8.09. The van der Waals surface area contributed by atoms with Crippen molar-refractivity contribution in [3.8, 4) is 0 Å². The number of esters is 1. The van der Waals surface area contributed by atoms with Gasteiger partial charge in [0, 0.05) is 20.5 Å². The molecule has 0 spiro atoms. The van der Waals surface area contributed by atoms with E-state index in [0.29, 0.717) is 11.7 Å². The summed E-state index contributed by atoms with van der Waals surface area (Å²) in [6, 6.07) is 0. The summed E-state index contributed by atoms with van der Waals surface area (Å²) in [6.07, 6.45) is 5.20. The number of hydrogen-bond donors (Lipinski definition) is 0. The molecule has 0 saturated heterocycles. The number of allylic oxidation sites excluding steroid dienone is 1. The van der Waals surface area contributed by atoms with Crippen LogP contribution in [0.2, 0.25) is 0 Å². The van der Waals surface area contributed by atoms with Crippen molar-refractivity contribution in [2.75, 3.05) is 14.2 Å². The first-order valence-corrected chi connectivity index (χ1v) is 6.15. The van der Waals surface area contributed by atoms with E-state index in [4.69, 9.17) is 14.2 Å². The van der Waals surface area contributed by atoms with Gasteiger partial charge >= 0.3 is 5.97 Å². The Morgan fingerprint density at radius 2 is 2.18 bits per heavy atom. The number of ether oxygens (including phenoxy) is 3. The van der Waals surface area contributed by atoms with Gasteiger partial charge < -0.3 is 14.2 Å². The molecule has 4 nitrogen and oxygen atoms in total. The zero-order chi connectivity index (χ0) is 12.5. The van der Waals surface area contributed by atoms with E-state index in [2.05, 4.69) is 0 Å². The Morgan fingerprint density at radius 1 is 1.41 bits per heavy atom. The van der Waals surface area contributed by atoms with Crippen molar-refractivity contribution in [2.45, 2.75) is 44.8 Å². The standard InChI is InChI=1S/C13H20O4/c1-13(16-3)8-9-6-4-5-7-10(9)11(17-13)12(14)15-2/h9H,4-8H2,1-3H3/t9-,13+/m1/s1. The summed E-state index contributed by atoms with van der Waals surface area (Å²) in [5, 5.41) is 0. The summed E-state index contributed by atoms with van der Waals surface area (Å²) in [4.78, 5) is 11.8. The summed E-state index contributed by atoms with van der Waals surface area (Å²) in [5.74, 6) is -0.297. The molecule has 2 rings (SSSR count). The Bertz CT molecular complexity index is 347. The smallest absolute Gasteiger partial charge is 0.373 e. The van der Waals surface area contributed by atoms with E-state index in [1.807, 2.05) is 6.92 Å². The van der Waals surface area contributed by atoms with Crippen LogP contribution in [0.1, 0.15) is 39.0 Å². The van der Waals surface area contributed by atoms with Gasteiger partial charge in [-0.15, -0.1) is 0 Å². The van der Waals surface area contributed by atoms with Crippen LogP contribution in [0.4, 0.5) is 0 Å². The molecule has 1 heterocycles. The van der Waals surface area contributed by atoms with Gasteiger partial charge in [-0.25, -0.2) is 4.79 Å². The molecule has 2 atom stereocenters.